The average molecular weight is 311 g/mol. The molecule has 0 saturated heterocycles. The molecule has 0 saturated carbocycles. The molecule has 0 bridgehead atoms. The Morgan fingerprint density at radius 3 is 2.59 bits per heavy atom. The Morgan fingerprint density at radius 2 is 1.91 bits per heavy atom. The van der Waals surface area contributed by atoms with Gasteiger partial charge in [0.15, 0.2) is 0 Å². The van der Waals surface area contributed by atoms with Gasteiger partial charge in [0.1, 0.15) is 5.75 Å². The van der Waals surface area contributed by atoms with Crippen molar-refractivity contribution in [2.45, 2.75) is 25.6 Å². The molecule has 1 aliphatic rings. The number of nitrogens with zero attached hydrogens (tertiary/aromatic N) is 1. The van der Waals surface area contributed by atoms with Crippen LogP contribution in [-0.4, -0.2) is 16.3 Å². The summed E-state index contributed by atoms with van der Waals surface area (Å²) in [5.74, 6) is -0.0383. The van der Waals surface area contributed by atoms with Gasteiger partial charge in [0.05, 0.1) is 5.69 Å². The maximum absolute atomic E-state index is 12.1. The summed E-state index contributed by atoms with van der Waals surface area (Å²) in [7, 11) is 0. The lowest BCUT2D eigenvalue weighted by Crippen LogP contribution is -2.17. The van der Waals surface area contributed by atoms with Crippen LogP contribution in [0.2, 0.25) is 0 Å². The predicted octanol–water partition coefficient (Wildman–Crippen LogP) is 2.90. The van der Waals surface area contributed by atoms with E-state index in [0.717, 1.165) is 25.0 Å². The quantitative estimate of drug-likeness (QED) is 0.914. The number of H-pyrrole nitrogens is 1. The highest BCUT2D eigenvalue weighted by atomic mass is 19.4. The van der Waals surface area contributed by atoms with E-state index in [4.69, 9.17) is 0 Å². The van der Waals surface area contributed by atoms with Crippen molar-refractivity contribution in [1.82, 2.24) is 9.97 Å². The van der Waals surface area contributed by atoms with E-state index < -0.39 is 6.36 Å². The Hall–Kier alpha value is -2.51. The number of hydrogen-bond donors (Lipinski definition) is 2. The number of alkyl halides is 3. The van der Waals surface area contributed by atoms with Crippen molar-refractivity contribution < 1.29 is 17.9 Å². The van der Waals surface area contributed by atoms with E-state index in [1.807, 2.05) is 0 Å². The second-order valence-electron chi connectivity index (χ2n) is 4.89. The largest absolute Gasteiger partial charge is 0.573 e. The van der Waals surface area contributed by atoms with Gasteiger partial charge in [-0.2, -0.15) is 0 Å². The highest BCUT2D eigenvalue weighted by Crippen LogP contribution is 2.25. The van der Waals surface area contributed by atoms with E-state index in [2.05, 4.69) is 20.0 Å². The zero-order chi connectivity index (χ0) is 15.7. The topological polar surface area (TPSA) is 67.0 Å². The van der Waals surface area contributed by atoms with Gasteiger partial charge in [0, 0.05) is 11.3 Å². The van der Waals surface area contributed by atoms with Crippen molar-refractivity contribution in [3.05, 3.63) is 45.9 Å². The third-order valence-corrected chi connectivity index (χ3v) is 3.29. The van der Waals surface area contributed by atoms with Crippen LogP contribution in [0.1, 0.15) is 17.7 Å². The molecule has 22 heavy (non-hydrogen) atoms. The standard InChI is InChI=1S/C14H12F3N3O2/c15-14(16,17)22-9-6-4-8(5-7-9)18-13-19-11-3-1-2-10(11)12(21)20-13/h4-7H,1-3H2,(H2,18,19,20,21). The summed E-state index contributed by atoms with van der Waals surface area (Å²) < 4.78 is 40.0. The summed E-state index contributed by atoms with van der Waals surface area (Å²) in [5, 5.41) is 2.86. The summed E-state index contributed by atoms with van der Waals surface area (Å²) >= 11 is 0. The number of aromatic nitrogens is 2. The molecule has 2 N–H and O–H groups in total. The SMILES string of the molecule is O=c1[nH]c(Nc2ccc(OC(F)(F)F)cc2)nc2c1CCC2. The van der Waals surface area contributed by atoms with Gasteiger partial charge in [-0.15, -0.1) is 13.2 Å². The van der Waals surface area contributed by atoms with Crippen molar-refractivity contribution >= 4 is 11.6 Å². The third kappa shape index (κ3) is 3.21. The van der Waals surface area contributed by atoms with Crippen LogP contribution in [-0.2, 0) is 12.8 Å². The molecule has 116 valence electrons. The van der Waals surface area contributed by atoms with Gasteiger partial charge in [-0.1, -0.05) is 0 Å². The van der Waals surface area contributed by atoms with E-state index in [9.17, 15) is 18.0 Å². The first-order valence-corrected chi connectivity index (χ1v) is 6.66. The fraction of sp³-hybridized carbons (Fsp3) is 0.286. The molecular weight excluding hydrogens is 299 g/mol. The lowest BCUT2D eigenvalue weighted by atomic mass is 10.2. The first kappa shape index (κ1) is 14.4. The van der Waals surface area contributed by atoms with E-state index in [0.29, 0.717) is 11.3 Å². The summed E-state index contributed by atoms with van der Waals surface area (Å²) in [4.78, 5) is 18.8. The van der Waals surface area contributed by atoms with Crippen LogP contribution in [0, 0.1) is 0 Å². The minimum Gasteiger partial charge on any atom is -0.406 e. The van der Waals surface area contributed by atoms with Crippen molar-refractivity contribution in [3.63, 3.8) is 0 Å². The number of ether oxygens (including phenoxy) is 1. The Bertz CT molecular complexity index is 738. The Morgan fingerprint density at radius 1 is 1.18 bits per heavy atom. The molecule has 0 amide bonds. The number of rotatable bonds is 3. The molecule has 1 aliphatic carbocycles. The Kier molecular flexibility index (Phi) is 3.51. The molecule has 1 heterocycles. The molecule has 2 aromatic rings. The van der Waals surface area contributed by atoms with Crippen LogP contribution in [0.4, 0.5) is 24.8 Å². The normalized spacial score (nSPS) is 13.8. The highest BCUT2D eigenvalue weighted by molar-refractivity contribution is 5.54. The molecule has 0 unspecified atom stereocenters. The lowest BCUT2D eigenvalue weighted by Gasteiger charge is -2.10. The van der Waals surface area contributed by atoms with Gasteiger partial charge in [-0.3, -0.25) is 9.78 Å². The van der Waals surface area contributed by atoms with E-state index in [1.165, 1.54) is 24.3 Å². The summed E-state index contributed by atoms with van der Waals surface area (Å²) in [6.07, 6.45) is -2.34. The van der Waals surface area contributed by atoms with Crippen LogP contribution < -0.4 is 15.6 Å². The number of aromatic amines is 1. The number of halogens is 3. The molecular formula is C14H12F3N3O2. The number of hydrogen-bond acceptors (Lipinski definition) is 4. The second-order valence-corrected chi connectivity index (χ2v) is 4.89. The van der Waals surface area contributed by atoms with Crippen molar-refractivity contribution in [2.75, 3.05) is 5.32 Å². The fourth-order valence-electron chi connectivity index (χ4n) is 2.38. The van der Waals surface area contributed by atoms with Crippen molar-refractivity contribution in [1.29, 1.82) is 0 Å². The van der Waals surface area contributed by atoms with Gasteiger partial charge < -0.3 is 10.1 Å². The van der Waals surface area contributed by atoms with Crippen molar-refractivity contribution in [2.24, 2.45) is 0 Å². The highest BCUT2D eigenvalue weighted by Gasteiger charge is 2.30. The van der Waals surface area contributed by atoms with Crippen LogP contribution in [0.25, 0.3) is 0 Å². The first-order valence-electron chi connectivity index (χ1n) is 6.66. The monoisotopic (exact) mass is 311 g/mol. The summed E-state index contributed by atoms with van der Waals surface area (Å²) in [6.45, 7) is 0. The molecule has 0 atom stereocenters. The average Bonchev–Trinajstić information content (AvgIpc) is 2.88. The van der Waals surface area contributed by atoms with Gasteiger partial charge in [0.2, 0.25) is 5.95 Å². The van der Waals surface area contributed by atoms with Gasteiger partial charge in [-0.05, 0) is 43.5 Å². The smallest absolute Gasteiger partial charge is 0.406 e. The number of aryl methyl sites for hydroxylation is 1. The maximum atomic E-state index is 12.1. The minimum atomic E-state index is -4.72. The Balaban J connectivity index is 1.76. The number of fused-ring (bicyclic) bond motifs is 1. The fourth-order valence-corrected chi connectivity index (χ4v) is 2.38. The molecule has 1 aromatic carbocycles. The van der Waals surface area contributed by atoms with E-state index in [-0.39, 0.29) is 17.3 Å². The van der Waals surface area contributed by atoms with Gasteiger partial charge in [0.25, 0.3) is 5.56 Å². The molecule has 0 fully saturated rings. The number of anilines is 2. The molecule has 8 heteroatoms. The van der Waals surface area contributed by atoms with E-state index in [1.54, 1.807) is 0 Å². The molecule has 0 radical (unpaired) electrons. The summed E-state index contributed by atoms with van der Waals surface area (Å²) in [5.41, 5.74) is 1.79. The molecule has 3 rings (SSSR count). The summed E-state index contributed by atoms with van der Waals surface area (Å²) in [6, 6.07) is 5.19. The third-order valence-electron chi connectivity index (χ3n) is 3.29. The lowest BCUT2D eigenvalue weighted by molar-refractivity contribution is -0.274. The van der Waals surface area contributed by atoms with Gasteiger partial charge in [-0.25, -0.2) is 4.98 Å². The van der Waals surface area contributed by atoms with Crippen LogP contribution in [0.5, 0.6) is 5.75 Å². The Labute approximate surface area is 123 Å². The zero-order valence-electron chi connectivity index (χ0n) is 11.3. The zero-order valence-corrected chi connectivity index (χ0v) is 11.3. The minimum absolute atomic E-state index is 0.179. The van der Waals surface area contributed by atoms with Crippen LogP contribution >= 0.6 is 0 Å². The maximum Gasteiger partial charge on any atom is 0.573 e. The molecule has 0 spiro atoms. The molecule has 1 aromatic heterocycles. The van der Waals surface area contributed by atoms with Crippen molar-refractivity contribution in [3.8, 4) is 5.75 Å². The second kappa shape index (κ2) is 5.36. The van der Waals surface area contributed by atoms with Crippen LogP contribution in [0.3, 0.4) is 0 Å². The number of benzene rings is 1. The van der Waals surface area contributed by atoms with Gasteiger partial charge >= 0.3 is 6.36 Å². The number of nitrogens with one attached hydrogen (secondary N) is 2. The first-order chi connectivity index (χ1) is 10.4. The molecule has 0 aliphatic heterocycles. The van der Waals surface area contributed by atoms with E-state index >= 15 is 0 Å². The molecule has 5 nitrogen and oxygen atoms in total. The predicted molar refractivity (Wildman–Crippen MR) is 73.3 cm³/mol. The van der Waals surface area contributed by atoms with Crippen LogP contribution in [0.15, 0.2) is 29.1 Å².